The summed E-state index contributed by atoms with van der Waals surface area (Å²) in [7, 11) is -3.73. The highest BCUT2D eigenvalue weighted by atomic mass is 32.2. The molecule has 3 aromatic rings. The van der Waals surface area contributed by atoms with Crippen molar-refractivity contribution in [3.05, 3.63) is 35.3 Å². The molecule has 6 nitrogen and oxygen atoms in total. The van der Waals surface area contributed by atoms with Crippen molar-refractivity contribution in [2.45, 2.75) is 16.3 Å². The topological polar surface area (TPSA) is 98.8 Å². The molecule has 0 saturated heterocycles. The molecule has 20 heavy (non-hydrogen) atoms. The van der Waals surface area contributed by atoms with Crippen LogP contribution < -0.4 is 5.73 Å². The molecule has 0 amide bonds. The van der Waals surface area contributed by atoms with E-state index in [4.69, 9.17) is 5.73 Å². The quantitative estimate of drug-likeness (QED) is 0.725. The van der Waals surface area contributed by atoms with Gasteiger partial charge in [-0.1, -0.05) is 6.07 Å². The van der Waals surface area contributed by atoms with Gasteiger partial charge in [0, 0.05) is 5.69 Å². The van der Waals surface area contributed by atoms with Crippen LogP contribution in [0.2, 0.25) is 0 Å². The van der Waals surface area contributed by atoms with Crippen molar-refractivity contribution in [2.24, 2.45) is 0 Å². The van der Waals surface area contributed by atoms with Crippen LogP contribution in [0.4, 0.5) is 5.82 Å². The maximum Gasteiger partial charge on any atom is 0.255 e. The predicted octanol–water partition coefficient (Wildman–Crippen LogP) is 1.81. The summed E-state index contributed by atoms with van der Waals surface area (Å²) in [4.78, 5) is 12.2. The molecule has 0 radical (unpaired) electrons. The van der Waals surface area contributed by atoms with Gasteiger partial charge in [-0.25, -0.2) is 18.4 Å². The third kappa shape index (κ3) is 2.02. The fourth-order valence-corrected chi connectivity index (χ4v) is 3.96. The Hall–Kier alpha value is -2.06. The summed E-state index contributed by atoms with van der Waals surface area (Å²) < 4.78 is 24.9. The van der Waals surface area contributed by atoms with Crippen LogP contribution in [-0.2, 0) is 9.84 Å². The number of pyridine rings is 1. The number of nitrogens with zero attached hydrogens (tertiary/aromatic N) is 3. The third-order valence-electron chi connectivity index (χ3n) is 2.69. The lowest BCUT2D eigenvalue weighted by molar-refractivity contribution is 0.590. The molecule has 0 saturated carbocycles. The monoisotopic (exact) mass is 306 g/mol. The van der Waals surface area contributed by atoms with Crippen LogP contribution in [0.3, 0.4) is 0 Å². The Kier molecular flexibility index (Phi) is 2.91. The van der Waals surface area contributed by atoms with E-state index in [9.17, 15) is 8.42 Å². The first-order chi connectivity index (χ1) is 9.48. The van der Waals surface area contributed by atoms with Crippen molar-refractivity contribution >= 4 is 38.0 Å². The number of hydrogen-bond acceptors (Lipinski definition) is 7. The number of aryl methyl sites for hydroxylation is 1. The van der Waals surface area contributed by atoms with Gasteiger partial charge in [-0.3, -0.25) is 0 Å². The molecule has 0 aliphatic carbocycles. The fourth-order valence-electron chi connectivity index (χ4n) is 1.74. The normalized spacial score (nSPS) is 11.8. The molecule has 3 rings (SSSR count). The van der Waals surface area contributed by atoms with Crippen LogP contribution in [0.5, 0.6) is 0 Å². The van der Waals surface area contributed by atoms with E-state index in [1.54, 1.807) is 23.6 Å². The summed E-state index contributed by atoms with van der Waals surface area (Å²) in [6.45, 7) is 1.81. The van der Waals surface area contributed by atoms with Crippen LogP contribution in [0.15, 0.2) is 39.0 Å². The van der Waals surface area contributed by atoms with Crippen LogP contribution in [0.25, 0.3) is 11.0 Å². The van der Waals surface area contributed by atoms with Gasteiger partial charge in [-0.15, -0.1) is 11.3 Å². The molecule has 0 aliphatic rings. The van der Waals surface area contributed by atoms with E-state index in [0.717, 1.165) is 17.0 Å². The Bertz CT molecular complexity index is 889. The molecule has 0 unspecified atom stereocenters. The second kappa shape index (κ2) is 4.50. The van der Waals surface area contributed by atoms with Gasteiger partial charge in [-0.05, 0) is 30.5 Å². The van der Waals surface area contributed by atoms with Crippen LogP contribution in [-0.4, -0.2) is 23.4 Å². The average Bonchev–Trinajstić information content (AvgIpc) is 2.94. The second-order valence-corrected chi connectivity index (χ2v) is 7.17. The van der Waals surface area contributed by atoms with Crippen LogP contribution in [0, 0.1) is 6.92 Å². The third-order valence-corrected chi connectivity index (χ3v) is 5.63. The van der Waals surface area contributed by atoms with Gasteiger partial charge in [0.2, 0.25) is 0 Å². The number of sulfone groups is 1. The highest BCUT2D eigenvalue weighted by molar-refractivity contribution is 7.93. The maximum atomic E-state index is 12.4. The molecule has 0 aromatic carbocycles. The zero-order valence-corrected chi connectivity index (χ0v) is 12.1. The first kappa shape index (κ1) is 12.9. The van der Waals surface area contributed by atoms with Crippen molar-refractivity contribution in [3.8, 4) is 0 Å². The van der Waals surface area contributed by atoms with E-state index in [1.165, 1.54) is 6.07 Å². The summed E-state index contributed by atoms with van der Waals surface area (Å²) in [5.41, 5.74) is 7.39. The zero-order valence-electron chi connectivity index (χ0n) is 10.4. The molecule has 0 spiro atoms. The lowest BCUT2D eigenvalue weighted by Gasteiger charge is -2.05. The number of anilines is 1. The Morgan fingerprint density at radius 3 is 2.65 bits per heavy atom. The van der Waals surface area contributed by atoms with Crippen molar-refractivity contribution in [3.63, 3.8) is 0 Å². The smallest absolute Gasteiger partial charge is 0.255 e. The molecular formula is C12H10N4O2S2. The molecule has 0 fully saturated rings. The molecule has 3 heterocycles. The summed E-state index contributed by atoms with van der Waals surface area (Å²) >= 11 is 1.11. The zero-order chi connectivity index (χ0) is 14.3. The van der Waals surface area contributed by atoms with Crippen LogP contribution in [0.1, 0.15) is 5.69 Å². The van der Waals surface area contributed by atoms with E-state index in [0.29, 0.717) is 11.0 Å². The molecular weight excluding hydrogens is 296 g/mol. The molecule has 0 bridgehead atoms. The maximum absolute atomic E-state index is 12.4. The van der Waals surface area contributed by atoms with Gasteiger partial charge in [0.15, 0.2) is 5.82 Å². The van der Waals surface area contributed by atoms with Gasteiger partial charge in [0.1, 0.15) is 9.73 Å². The van der Waals surface area contributed by atoms with Gasteiger partial charge < -0.3 is 5.73 Å². The number of nitrogen functional groups attached to an aromatic ring is 1. The van der Waals surface area contributed by atoms with Gasteiger partial charge in [0.25, 0.3) is 15.0 Å². The van der Waals surface area contributed by atoms with E-state index < -0.39 is 9.84 Å². The minimum atomic E-state index is -3.73. The minimum Gasteiger partial charge on any atom is -0.382 e. The van der Waals surface area contributed by atoms with Crippen molar-refractivity contribution in [1.82, 2.24) is 15.0 Å². The van der Waals surface area contributed by atoms with E-state index in [2.05, 4.69) is 15.0 Å². The number of fused-ring (bicyclic) bond motifs is 1. The molecule has 102 valence electrons. The molecule has 0 atom stereocenters. The van der Waals surface area contributed by atoms with Crippen molar-refractivity contribution in [2.75, 3.05) is 5.73 Å². The number of hydrogen-bond donors (Lipinski definition) is 1. The molecule has 3 aromatic heterocycles. The first-order valence-electron chi connectivity index (χ1n) is 5.68. The van der Waals surface area contributed by atoms with E-state index in [-0.39, 0.29) is 15.2 Å². The molecule has 0 aliphatic heterocycles. The highest BCUT2D eigenvalue weighted by Crippen LogP contribution is 2.25. The summed E-state index contributed by atoms with van der Waals surface area (Å²) in [5.74, 6) is 0.0637. The predicted molar refractivity (Wildman–Crippen MR) is 76.3 cm³/mol. The summed E-state index contributed by atoms with van der Waals surface area (Å²) in [6.07, 6.45) is 0. The lowest BCUT2D eigenvalue weighted by atomic mass is 10.3. The lowest BCUT2D eigenvalue weighted by Crippen LogP contribution is -2.09. The highest BCUT2D eigenvalue weighted by Gasteiger charge is 2.23. The fraction of sp³-hybridized carbons (Fsp3) is 0.0833. The van der Waals surface area contributed by atoms with Crippen molar-refractivity contribution in [1.29, 1.82) is 0 Å². The largest absolute Gasteiger partial charge is 0.382 e. The average molecular weight is 306 g/mol. The van der Waals surface area contributed by atoms with Crippen LogP contribution >= 0.6 is 11.3 Å². The minimum absolute atomic E-state index is 0.0637. The number of aromatic nitrogens is 3. The number of thiophene rings is 1. The van der Waals surface area contributed by atoms with Gasteiger partial charge >= 0.3 is 0 Å². The second-order valence-electron chi connectivity index (χ2n) is 4.15. The Balaban J connectivity index is 2.26. The van der Waals surface area contributed by atoms with Gasteiger partial charge in [-0.2, -0.15) is 4.98 Å². The molecule has 8 heteroatoms. The Morgan fingerprint density at radius 2 is 1.95 bits per heavy atom. The Morgan fingerprint density at radius 1 is 1.15 bits per heavy atom. The number of rotatable bonds is 2. The Labute approximate surface area is 119 Å². The standard InChI is InChI=1S/C12H10N4O2S2/c1-7-4-5-8-10(14-7)11(13)16-12(15-8)20(17,18)9-3-2-6-19-9/h2-6H,1H3,(H2,13,15,16). The van der Waals surface area contributed by atoms with Crippen molar-refractivity contribution < 1.29 is 8.42 Å². The summed E-state index contributed by atoms with van der Waals surface area (Å²) in [5, 5.41) is 1.39. The molecule has 2 N–H and O–H groups in total. The van der Waals surface area contributed by atoms with E-state index in [1.807, 2.05) is 6.92 Å². The van der Waals surface area contributed by atoms with Gasteiger partial charge in [0.05, 0.1) is 5.52 Å². The SMILES string of the molecule is Cc1ccc2nc(S(=O)(=O)c3cccs3)nc(N)c2n1. The van der Waals surface area contributed by atoms with E-state index >= 15 is 0 Å². The summed E-state index contributed by atoms with van der Waals surface area (Å²) in [6, 6.07) is 6.60. The number of nitrogens with two attached hydrogens (primary N) is 1. The first-order valence-corrected chi connectivity index (χ1v) is 8.04.